The molecule has 6 aliphatic rings. The van der Waals surface area contributed by atoms with Crippen LogP contribution in [0.5, 0.6) is 0 Å². The highest BCUT2D eigenvalue weighted by molar-refractivity contribution is 6.10. The van der Waals surface area contributed by atoms with Crippen LogP contribution in [0.25, 0.3) is 0 Å². The molecule has 4 saturated carbocycles. The molecule has 0 unspecified atom stereocenters. The van der Waals surface area contributed by atoms with Gasteiger partial charge in [-0.1, -0.05) is 20.4 Å². The van der Waals surface area contributed by atoms with E-state index >= 15 is 0 Å². The van der Waals surface area contributed by atoms with Crippen LogP contribution in [0.1, 0.15) is 53.4 Å². The first-order valence-corrected chi connectivity index (χ1v) is 11.3. The van der Waals surface area contributed by atoms with E-state index in [1.54, 1.807) is 0 Å². The van der Waals surface area contributed by atoms with Crippen molar-refractivity contribution in [3.63, 3.8) is 0 Å². The van der Waals surface area contributed by atoms with Crippen molar-refractivity contribution < 1.29 is 38.5 Å². The van der Waals surface area contributed by atoms with Crippen molar-refractivity contribution in [2.24, 2.45) is 34.0 Å². The van der Waals surface area contributed by atoms with Gasteiger partial charge in [-0.15, -0.1) is 0 Å². The second-order valence-electron chi connectivity index (χ2n) is 11.0. The number of carbonyl (C=O) groups excluding carboxylic acids is 4. The van der Waals surface area contributed by atoms with Crippen molar-refractivity contribution in [2.45, 2.75) is 71.4 Å². The molecule has 32 heavy (non-hydrogen) atoms. The number of hydrogen-bond acceptors (Lipinski definition) is 8. The van der Waals surface area contributed by atoms with Gasteiger partial charge in [-0.25, -0.2) is 0 Å². The van der Waals surface area contributed by atoms with E-state index < -0.39 is 75.5 Å². The van der Waals surface area contributed by atoms with Gasteiger partial charge in [0.15, 0.2) is 11.6 Å². The average molecular weight is 446 g/mol. The predicted octanol–water partition coefficient (Wildman–Crippen LogP) is 1.73. The fraction of sp³-hybridized carbons (Fsp3) is 0.750. The van der Waals surface area contributed by atoms with E-state index in [1.807, 2.05) is 13.8 Å². The lowest BCUT2D eigenvalue weighted by molar-refractivity contribution is -0.388. The average Bonchev–Trinajstić information content (AvgIpc) is 2.80. The van der Waals surface area contributed by atoms with Crippen molar-refractivity contribution in [3.05, 3.63) is 12.2 Å². The third-order valence-electron chi connectivity index (χ3n) is 9.15. The van der Waals surface area contributed by atoms with Crippen molar-refractivity contribution in [2.75, 3.05) is 6.61 Å². The maximum Gasteiger partial charge on any atom is 0.302 e. The summed E-state index contributed by atoms with van der Waals surface area (Å²) >= 11 is 0. The predicted molar refractivity (Wildman–Crippen MR) is 109 cm³/mol. The van der Waals surface area contributed by atoms with Gasteiger partial charge in [0.05, 0.1) is 6.61 Å². The quantitative estimate of drug-likeness (QED) is 0.504. The summed E-state index contributed by atoms with van der Waals surface area (Å²) in [7, 11) is 0. The Kier molecular flexibility index (Phi) is 4.28. The third-order valence-corrected chi connectivity index (χ3v) is 9.15. The van der Waals surface area contributed by atoms with Crippen LogP contribution in [0.4, 0.5) is 0 Å². The van der Waals surface area contributed by atoms with Gasteiger partial charge in [-0.05, 0) is 42.6 Å². The highest BCUT2D eigenvalue weighted by Gasteiger charge is 2.88. The number of fused-ring (bicyclic) bond motifs is 2. The molecular weight excluding hydrogens is 416 g/mol. The summed E-state index contributed by atoms with van der Waals surface area (Å²) in [4.78, 5) is 52.0. The molecule has 2 heterocycles. The lowest BCUT2D eigenvalue weighted by atomic mass is 9.36. The van der Waals surface area contributed by atoms with E-state index in [0.717, 1.165) is 0 Å². The molecule has 0 aromatic carbocycles. The molecule has 4 bridgehead atoms. The van der Waals surface area contributed by atoms with Crippen LogP contribution in [0.15, 0.2) is 12.2 Å². The zero-order chi connectivity index (χ0) is 23.4. The van der Waals surface area contributed by atoms with Crippen LogP contribution < -0.4 is 0 Å². The normalized spacial score (nSPS) is 48.2. The molecule has 1 N–H and O–H groups in total. The topological polar surface area (TPSA) is 116 Å². The van der Waals surface area contributed by atoms with Crippen LogP contribution in [0, 0.1) is 34.0 Å². The SMILES string of the molecule is C=C1C(=O)[C@]23[C@H](OC(C)=O)[C@H]1CC[C@H]2[C@@]12CO[C@]3(O)C(=O)[C@@H]1C(C)(C)CC[C@@H]2OC(C)=O. The lowest BCUT2D eigenvalue weighted by Crippen LogP contribution is -2.84. The second-order valence-corrected chi connectivity index (χ2v) is 11.0. The number of hydrogen-bond donors (Lipinski definition) is 1. The van der Waals surface area contributed by atoms with Gasteiger partial charge >= 0.3 is 11.9 Å². The molecule has 2 aliphatic heterocycles. The van der Waals surface area contributed by atoms with Crippen LogP contribution in [0.2, 0.25) is 0 Å². The summed E-state index contributed by atoms with van der Waals surface area (Å²) in [6.45, 7) is 10.5. The Hall–Kier alpha value is -2.06. The standard InChI is InChI=1S/C24H30O8/c1-11-14-6-7-15-22-10-30-24(29,23(15,18(11)27)20(14)32-13(3)26)19(28)17(22)21(4,5)9-8-16(22)31-12(2)25/h14-17,20,29H,1,6-10H2,2-5H3/t14-,15-,16-,17+,20+,22+,23-,24+/m0/s1. The van der Waals surface area contributed by atoms with Crippen LogP contribution >= 0.6 is 0 Å². The van der Waals surface area contributed by atoms with E-state index in [9.17, 15) is 24.3 Å². The number of rotatable bonds is 2. The molecule has 174 valence electrons. The maximum atomic E-state index is 14.1. The molecule has 4 aliphatic carbocycles. The molecule has 2 saturated heterocycles. The third kappa shape index (κ3) is 2.16. The highest BCUT2D eigenvalue weighted by atomic mass is 16.6. The second kappa shape index (κ2) is 6.29. The number of carbonyl (C=O) groups is 4. The smallest absolute Gasteiger partial charge is 0.302 e. The van der Waals surface area contributed by atoms with Gasteiger partial charge in [0.25, 0.3) is 0 Å². The molecule has 0 aromatic rings. The Balaban J connectivity index is 1.80. The fourth-order valence-corrected chi connectivity index (χ4v) is 8.27. The zero-order valence-corrected chi connectivity index (χ0v) is 18.9. The molecule has 0 aromatic heterocycles. The maximum absolute atomic E-state index is 14.1. The van der Waals surface area contributed by atoms with E-state index in [0.29, 0.717) is 25.7 Å². The number of Topliss-reactive ketones (excluding diaryl/α,β-unsaturated/α-hetero) is 2. The van der Waals surface area contributed by atoms with Crippen LogP contribution in [-0.2, 0) is 33.4 Å². The highest BCUT2D eigenvalue weighted by Crippen LogP contribution is 2.76. The Morgan fingerprint density at radius 3 is 2.38 bits per heavy atom. The van der Waals surface area contributed by atoms with E-state index in [-0.39, 0.29) is 12.2 Å². The molecule has 8 nitrogen and oxygen atoms in total. The molecule has 8 heteroatoms. The number of aliphatic hydroxyl groups is 1. The minimum atomic E-state index is -2.42. The summed E-state index contributed by atoms with van der Waals surface area (Å²) in [5.74, 6) is -6.27. The van der Waals surface area contributed by atoms with E-state index in [4.69, 9.17) is 14.2 Å². The Morgan fingerprint density at radius 1 is 1.09 bits per heavy atom. The molecule has 2 spiro atoms. The first kappa shape index (κ1) is 21.8. The summed E-state index contributed by atoms with van der Waals surface area (Å²) < 4.78 is 17.4. The molecule has 6 fully saturated rings. The van der Waals surface area contributed by atoms with Crippen molar-refractivity contribution in [3.8, 4) is 0 Å². The Morgan fingerprint density at radius 2 is 1.75 bits per heavy atom. The van der Waals surface area contributed by atoms with Gasteiger partial charge in [0.1, 0.15) is 17.6 Å². The first-order valence-electron chi connectivity index (χ1n) is 11.3. The molecule has 0 radical (unpaired) electrons. The monoisotopic (exact) mass is 446 g/mol. The summed E-state index contributed by atoms with van der Waals surface area (Å²) in [5.41, 5.74) is -3.03. The van der Waals surface area contributed by atoms with Gasteiger partial charge in [-0.2, -0.15) is 0 Å². The number of ether oxygens (including phenoxy) is 3. The van der Waals surface area contributed by atoms with Gasteiger partial charge < -0.3 is 19.3 Å². The van der Waals surface area contributed by atoms with Crippen LogP contribution in [0.3, 0.4) is 0 Å². The lowest BCUT2D eigenvalue weighted by Gasteiger charge is -2.72. The van der Waals surface area contributed by atoms with Crippen molar-refractivity contribution >= 4 is 23.5 Å². The summed E-state index contributed by atoms with van der Waals surface area (Å²) in [6.07, 6.45) is 0.479. The van der Waals surface area contributed by atoms with Crippen LogP contribution in [-0.4, -0.2) is 53.2 Å². The number of ketones is 2. The van der Waals surface area contributed by atoms with Gasteiger partial charge in [0, 0.05) is 31.1 Å². The van der Waals surface area contributed by atoms with Crippen molar-refractivity contribution in [1.82, 2.24) is 0 Å². The molecule has 8 atom stereocenters. The van der Waals surface area contributed by atoms with E-state index in [2.05, 4.69) is 6.58 Å². The zero-order valence-electron chi connectivity index (χ0n) is 18.9. The van der Waals surface area contributed by atoms with Crippen molar-refractivity contribution in [1.29, 1.82) is 0 Å². The Bertz CT molecular complexity index is 967. The fourth-order valence-electron chi connectivity index (χ4n) is 8.27. The first-order chi connectivity index (χ1) is 14.9. The minimum absolute atomic E-state index is 0.00901. The molecular formula is C24H30O8. The Labute approximate surface area is 186 Å². The summed E-state index contributed by atoms with van der Waals surface area (Å²) in [6, 6.07) is 0. The summed E-state index contributed by atoms with van der Waals surface area (Å²) in [5, 5.41) is 11.9. The van der Waals surface area contributed by atoms with Gasteiger partial charge in [0.2, 0.25) is 5.79 Å². The molecule has 6 rings (SSSR count). The van der Waals surface area contributed by atoms with E-state index in [1.165, 1.54) is 13.8 Å². The largest absolute Gasteiger partial charge is 0.462 e. The van der Waals surface area contributed by atoms with Gasteiger partial charge in [-0.3, -0.25) is 19.2 Å². The number of esters is 2. The molecule has 0 amide bonds. The minimum Gasteiger partial charge on any atom is -0.462 e.